The van der Waals surface area contributed by atoms with Crippen molar-refractivity contribution in [3.8, 4) is 0 Å². The van der Waals surface area contributed by atoms with Crippen LogP contribution in [-0.2, 0) is 81.8 Å². The van der Waals surface area contributed by atoms with Gasteiger partial charge in [-0.2, -0.15) is 0 Å². The van der Waals surface area contributed by atoms with E-state index < -0.39 is 0 Å². The van der Waals surface area contributed by atoms with Crippen molar-refractivity contribution >= 4 is 19.8 Å². The summed E-state index contributed by atoms with van der Waals surface area (Å²) in [5.41, 5.74) is 0. The Morgan fingerprint density at radius 3 is 0.556 bits per heavy atom. The fraction of sp³-hybridized carbons (Fsp3) is 0. The second-order valence-corrected chi connectivity index (χ2v) is 0. The van der Waals surface area contributed by atoms with Crippen molar-refractivity contribution in [1.82, 2.24) is 0 Å². The summed E-state index contributed by atoms with van der Waals surface area (Å²) in [5, 5.41) is 0. The van der Waals surface area contributed by atoms with Crippen LogP contribution in [0.2, 0.25) is 0 Å². The first-order chi connectivity index (χ1) is 2.00. The summed E-state index contributed by atoms with van der Waals surface area (Å²) in [4.78, 5) is 13.8. The third-order valence-electron chi connectivity index (χ3n) is 0. The smallest absolute Gasteiger partial charge is 2.00 e. The molecule has 0 aliphatic heterocycles. The van der Waals surface area contributed by atoms with Crippen LogP contribution in [0.15, 0.2) is 0 Å². The minimum Gasteiger partial charge on any atom is -2.00 e. The Kier molecular flexibility index (Phi) is 1630. The van der Waals surface area contributed by atoms with Crippen LogP contribution in [0.5, 0.6) is 0 Å². The molecule has 0 rings (SSSR count). The van der Waals surface area contributed by atoms with Crippen LogP contribution in [-0.4, -0.2) is 19.8 Å². The number of rotatable bonds is 0. The van der Waals surface area contributed by atoms with Gasteiger partial charge in [0.25, 0.3) is 0 Å². The van der Waals surface area contributed by atoms with Crippen LogP contribution >= 0.6 is 0 Å². The van der Waals surface area contributed by atoms with Crippen LogP contribution in [0.1, 0.15) is 0 Å². The largest absolute Gasteiger partial charge is 3.00 e. The molecule has 0 spiro atoms. The minimum absolute atomic E-state index is 0. The first-order valence-electron chi connectivity index (χ1n) is 0.516. The predicted molar refractivity (Wildman–Crippen MR) is 19.8 cm³/mol. The van der Waals surface area contributed by atoms with Crippen molar-refractivity contribution in [2.24, 2.45) is 0 Å². The maximum atomic E-state index is 6.92. The summed E-state index contributed by atoms with van der Waals surface area (Å²) in [7, 11) is 2.83. The van der Waals surface area contributed by atoms with E-state index in [0.29, 0.717) is 0 Å². The molecule has 0 saturated heterocycles. The van der Waals surface area contributed by atoms with Crippen molar-refractivity contribution < 1.29 is 81.8 Å². The van der Waals surface area contributed by atoms with Crippen LogP contribution < -0.4 is 0 Å². The molecule has 5 nitrogen and oxygen atoms in total. The normalized spacial score (nSPS) is 0.444. The maximum absolute atomic E-state index is 6.92. The molecule has 0 saturated carbocycles. The molecule has 9 heavy (non-hydrogen) atoms. The number of nitrogens with zero attached hydrogens (tertiary/aromatic N) is 2. The number of hydrogen-bond acceptors (Lipinski definition) is 2. The van der Waals surface area contributed by atoms with Crippen LogP contribution in [0.4, 0.5) is 0 Å². The van der Waals surface area contributed by atoms with Gasteiger partial charge >= 0.3 is 65.4 Å². The summed E-state index contributed by atoms with van der Waals surface area (Å²) >= 11 is 0. The molecule has 0 atom stereocenters. The maximum Gasteiger partial charge on any atom is 3.00 e. The van der Waals surface area contributed by atoms with Gasteiger partial charge in [0.15, 0.2) is 19.8 Å². The quantitative estimate of drug-likeness (QED) is 0.497. The zero-order valence-corrected chi connectivity index (χ0v) is 12.4. The standard InChI is InChI=1S/2HNSi.3O.2Y/c2*1-2;;;;;/h2*2H;;;;;/q;;3*-2;2*+3. The Hall–Kier alpha value is 1.94. The minimum atomic E-state index is 0. The topological polar surface area (TPSA) is 133 Å². The molecule has 0 aromatic rings. The molecule has 44 valence electrons. The van der Waals surface area contributed by atoms with Gasteiger partial charge in [0.1, 0.15) is 0 Å². The summed E-state index contributed by atoms with van der Waals surface area (Å²) in [6, 6.07) is 0. The molecule has 0 unspecified atom stereocenters. The van der Waals surface area contributed by atoms with E-state index in [2.05, 4.69) is 0 Å². The molecule has 0 aliphatic carbocycles. The molecule has 0 amide bonds. The van der Waals surface area contributed by atoms with Gasteiger partial charge < -0.3 is 16.4 Å². The molecule has 0 heterocycles. The zero-order valence-electron chi connectivity index (χ0n) is 4.43. The van der Waals surface area contributed by atoms with Gasteiger partial charge in [0, 0.05) is 0 Å². The fourth-order valence-corrected chi connectivity index (χ4v) is 0. The summed E-state index contributed by atoms with van der Waals surface area (Å²) < 4.78 is 0. The Morgan fingerprint density at radius 1 is 0.556 bits per heavy atom. The summed E-state index contributed by atoms with van der Waals surface area (Å²) in [5.74, 6) is 0. The third kappa shape index (κ3) is 166. The van der Waals surface area contributed by atoms with E-state index in [1.54, 1.807) is 0 Å². The van der Waals surface area contributed by atoms with E-state index in [0.717, 1.165) is 0 Å². The second kappa shape index (κ2) is 211. The summed E-state index contributed by atoms with van der Waals surface area (Å²) in [6.45, 7) is 0. The van der Waals surface area contributed by atoms with Crippen molar-refractivity contribution in [2.45, 2.75) is 0 Å². The average Bonchev–Trinajstić information content (AvgIpc) is 1.50. The van der Waals surface area contributed by atoms with Gasteiger partial charge in [-0.05, 0) is 0 Å². The van der Waals surface area contributed by atoms with E-state index in [-0.39, 0.29) is 81.8 Å². The van der Waals surface area contributed by atoms with Crippen molar-refractivity contribution in [3.05, 3.63) is 0 Å². The SMILES string of the molecule is N#[SiH].N#[SiH].[O-2].[O-2].[O-2].[Y+3].[Y+3]. The third-order valence-corrected chi connectivity index (χ3v) is 0. The van der Waals surface area contributed by atoms with Crippen molar-refractivity contribution in [1.29, 1.82) is 9.77 Å². The molecule has 9 heteroatoms. The molecule has 0 aromatic carbocycles. The van der Waals surface area contributed by atoms with Gasteiger partial charge in [-0.25, -0.2) is 0 Å². The summed E-state index contributed by atoms with van der Waals surface area (Å²) in [6.07, 6.45) is 0. The molecular formula is H2N2O3Si2Y2. The molecule has 0 bridgehead atoms. The Labute approximate surface area is 110 Å². The van der Waals surface area contributed by atoms with Crippen LogP contribution in [0, 0.1) is 9.77 Å². The fourth-order valence-electron chi connectivity index (χ4n) is 0. The van der Waals surface area contributed by atoms with Crippen molar-refractivity contribution in [3.63, 3.8) is 0 Å². The second-order valence-electron chi connectivity index (χ2n) is 0. The first kappa shape index (κ1) is 69.6. The van der Waals surface area contributed by atoms with Gasteiger partial charge in [-0.15, -0.1) is 0 Å². The molecule has 0 N–H and O–H groups in total. The molecule has 0 aromatic heterocycles. The van der Waals surface area contributed by atoms with Gasteiger partial charge in [-0.1, -0.05) is 0 Å². The molecule has 0 fully saturated rings. The van der Waals surface area contributed by atoms with E-state index in [1.807, 2.05) is 0 Å². The monoisotopic (exact) mass is 312 g/mol. The molecule has 0 radical (unpaired) electrons. The Balaban J connectivity index is -0.00000000114. The van der Waals surface area contributed by atoms with Gasteiger partial charge in [-0.3, -0.25) is 9.77 Å². The van der Waals surface area contributed by atoms with E-state index in [1.165, 1.54) is 19.8 Å². The van der Waals surface area contributed by atoms with Gasteiger partial charge in [0.05, 0.1) is 0 Å². The average molecular weight is 312 g/mol. The van der Waals surface area contributed by atoms with E-state index in [9.17, 15) is 0 Å². The van der Waals surface area contributed by atoms with E-state index >= 15 is 0 Å². The van der Waals surface area contributed by atoms with E-state index in [4.69, 9.17) is 9.77 Å². The van der Waals surface area contributed by atoms with Crippen LogP contribution in [0.25, 0.3) is 0 Å². The van der Waals surface area contributed by atoms with Crippen molar-refractivity contribution in [2.75, 3.05) is 0 Å². The Bertz CT molecular complexity index is 33.3. The first-order valence-corrected chi connectivity index (χ1v) is 1.55. The number of hydrogen-bond donors (Lipinski definition) is 0. The Morgan fingerprint density at radius 2 is 0.556 bits per heavy atom. The molecule has 0 aliphatic rings. The molecular weight excluding hydrogens is 310 g/mol. The predicted octanol–water partition coefficient (Wildman–Crippen LogP) is -1.63. The van der Waals surface area contributed by atoms with Crippen LogP contribution in [0.3, 0.4) is 0 Å². The zero-order chi connectivity index (χ0) is 4.00. The van der Waals surface area contributed by atoms with Gasteiger partial charge in [0.2, 0.25) is 0 Å².